The van der Waals surface area contributed by atoms with Crippen molar-refractivity contribution >= 4 is 17.6 Å². The fourth-order valence-corrected chi connectivity index (χ4v) is 1.84. The Kier molecular flexibility index (Phi) is 4.78. The van der Waals surface area contributed by atoms with E-state index in [1.165, 1.54) is 6.92 Å². The van der Waals surface area contributed by atoms with Crippen LogP contribution < -0.4 is 15.2 Å². The summed E-state index contributed by atoms with van der Waals surface area (Å²) in [4.78, 5) is 22.8. The van der Waals surface area contributed by atoms with E-state index in [9.17, 15) is 14.7 Å². The number of aryl methyl sites for hydroxylation is 1. The average molecular weight is 298 g/mol. The van der Waals surface area contributed by atoms with Crippen LogP contribution in [0.1, 0.15) is 22.8 Å². The Morgan fingerprint density at radius 1 is 1.09 bits per heavy atom. The fourth-order valence-electron chi connectivity index (χ4n) is 1.84. The Morgan fingerprint density at radius 2 is 1.73 bits per heavy atom. The molecule has 0 aliphatic rings. The predicted octanol–water partition coefficient (Wildman–Crippen LogP) is 1.76. The molecule has 2 rings (SSSR count). The second kappa shape index (κ2) is 6.76. The molecule has 0 fully saturated rings. The lowest BCUT2D eigenvalue weighted by Crippen LogP contribution is -2.37. The van der Waals surface area contributed by atoms with Gasteiger partial charge in [0.05, 0.1) is 5.97 Å². The molecule has 2 aromatic carbocycles. The highest BCUT2D eigenvalue weighted by atomic mass is 16.5. The Hall–Kier alpha value is -2.82. The molecule has 0 heterocycles. The molecule has 0 saturated carbocycles. The minimum absolute atomic E-state index is 0.242. The molecule has 0 saturated heterocycles. The molecule has 1 amide bonds. The molecular formula is C17H16NO4-. The van der Waals surface area contributed by atoms with Crippen molar-refractivity contribution in [3.8, 4) is 5.75 Å². The van der Waals surface area contributed by atoms with Crippen LogP contribution in [-0.4, -0.2) is 18.0 Å². The highest BCUT2D eigenvalue weighted by Gasteiger charge is 2.09. The second-order valence-electron chi connectivity index (χ2n) is 4.87. The lowest BCUT2D eigenvalue weighted by Gasteiger charge is -2.15. The Bertz CT molecular complexity index is 679. The van der Waals surface area contributed by atoms with Crippen molar-refractivity contribution in [2.45, 2.75) is 20.0 Å². The van der Waals surface area contributed by atoms with Gasteiger partial charge in [0, 0.05) is 11.3 Å². The van der Waals surface area contributed by atoms with Gasteiger partial charge in [-0.2, -0.15) is 0 Å². The van der Waals surface area contributed by atoms with E-state index < -0.39 is 12.1 Å². The van der Waals surface area contributed by atoms with E-state index in [0.717, 1.165) is 11.3 Å². The largest absolute Gasteiger partial charge is 0.546 e. The smallest absolute Gasteiger partial charge is 0.255 e. The lowest BCUT2D eigenvalue weighted by molar-refractivity contribution is -0.312. The molecule has 0 aromatic heterocycles. The number of rotatable bonds is 5. The molecule has 0 aliphatic heterocycles. The van der Waals surface area contributed by atoms with Crippen LogP contribution in [-0.2, 0) is 4.79 Å². The fraction of sp³-hybridized carbons (Fsp3) is 0.176. The zero-order valence-corrected chi connectivity index (χ0v) is 12.3. The van der Waals surface area contributed by atoms with Crippen molar-refractivity contribution in [1.82, 2.24) is 0 Å². The van der Waals surface area contributed by atoms with Crippen molar-refractivity contribution in [2.75, 3.05) is 5.32 Å². The molecule has 1 unspecified atom stereocenters. The Balaban J connectivity index is 2.05. The number of anilines is 1. The van der Waals surface area contributed by atoms with Crippen molar-refractivity contribution in [2.24, 2.45) is 0 Å². The van der Waals surface area contributed by atoms with Crippen molar-refractivity contribution in [1.29, 1.82) is 0 Å². The van der Waals surface area contributed by atoms with E-state index in [0.29, 0.717) is 11.3 Å². The molecule has 0 aliphatic carbocycles. The monoisotopic (exact) mass is 298 g/mol. The number of benzene rings is 2. The van der Waals surface area contributed by atoms with Gasteiger partial charge in [-0.1, -0.05) is 18.2 Å². The van der Waals surface area contributed by atoms with Crippen LogP contribution in [0.25, 0.3) is 0 Å². The third-order valence-corrected chi connectivity index (χ3v) is 3.15. The zero-order valence-electron chi connectivity index (χ0n) is 12.3. The summed E-state index contributed by atoms with van der Waals surface area (Å²) in [6.07, 6.45) is -1.05. The number of carboxylic acids is 1. The van der Waals surface area contributed by atoms with Gasteiger partial charge in [-0.25, -0.2) is 0 Å². The summed E-state index contributed by atoms with van der Waals surface area (Å²) in [5, 5.41) is 13.4. The number of carboxylic acid groups (broad SMARTS) is 1. The van der Waals surface area contributed by atoms with Crippen LogP contribution in [0.2, 0.25) is 0 Å². The molecule has 1 N–H and O–H groups in total. The zero-order chi connectivity index (χ0) is 16.1. The first-order chi connectivity index (χ1) is 10.5. The predicted molar refractivity (Wildman–Crippen MR) is 80.7 cm³/mol. The summed E-state index contributed by atoms with van der Waals surface area (Å²) in [7, 11) is 0. The summed E-state index contributed by atoms with van der Waals surface area (Å²) in [5.74, 6) is -1.17. The van der Waals surface area contributed by atoms with Crippen LogP contribution in [0.3, 0.4) is 0 Å². The summed E-state index contributed by atoms with van der Waals surface area (Å²) in [6.45, 7) is 3.29. The van der Waals surface area contributed by atoms with Crippen LogP contribution in [0.5, 0.6) is 5.75 Å². The van der Waals surface area contributed by atoms with E-state index in [4.69, 9.17) is 4.74 Å². The molecule has 22 heavy (non-hydrogen) atoms. The van der Waals surface area contributed by atoms with E-state index in [1.54, 1.807) is 24.3 Å². The number of carbonyl (C=O) groups excluding carboxylic acids is 2. The van der Waals surface area contributed by atoms with Gasteiger partial charge in [-0.3, -0.25) is 4.79 Å². The normalized spacial score (nSPS) is 11.5. The molecule has 0 bridgehead atoms. The van der Waals surface area contributed by atoms with Crippen LogP contribution in [0, 0.1) is 6.92 Å². The van der Waals surface area contributed by atoms with E-state index >= 15 is 0 Å². The molecule has 5 nitrogen and oxygen atoms in total. The molecular weight excluding hydrogens is 282 g/mol. The third kappa shape index (κ3) is 3.85. The Morgan fingerprint density at radius 3 is 2.32 bits per heavy atom. The number of ether oxygens (including phenoxy) is 1. The van der Waals surface area contributed by atoms with Gasteiger partial charge in [-0.05, 0) is 49.7 Å². The molecule has 0 spiro atoms. The maximum Gasteiger partial charge on any atom is 0.255 e. The molecule has 5 heteroatoms. The minimum Gasteiger partial charge on any atom is -0.546 e. The second-order valence-corrected chi connectivity index (χ2v) is 4.87. The highest BCUT2D eigenvalue weighted by Crippen LogP contribution is 2.17. The minimum atomic E-state index is -1.29. The van der Waals surface area contributed by atoms with Crippen LogP contribution in [0.15, 0.2) is 48.5 Å². The van der Waals surface area contributed by atoms with Crippen molar-refractivity contribution in [3.63, 3.8) is 0 Å². The summed E-state index contributed by atoms with van der Waals surface area (Å²) >= 11 is 0. The lowest BCUT2D eigenvalue weighted by atomic mass is 10.1. The third-order valence-electron chi connectivity index (χ3n) is 3.15. The summed E-state index contributed by atoms with van der Waals surface area (Å²) < 4.78 is 5.15. The molecule has 1 atom stereocenters. The van der Waals surface area contributed by atoms with E-state index in [2.05, 4.69) is 5.32 Å². The van der Waals surface area contributed by atoms with Gasteiger partial charge in [0.25, 0.3) is 5.91 Å². The maximum atomic E-state index is 12.2. The van der Waals surface area contributed by atoms with Gasteiger partial charge < -0.3 is 20.0 Å². The van der Waals surface area contributed by atoms with Gasteiger partial charge in [0.2, 0.25) is 0 Å². The van der Waals surface area contributed by atoms with Crippen LogP contribution >= 0.6 is 0 Å². The SMILES string of the molecule is Cc1ccccc1NC(=O)c1ccc(OC(C)C(=O)[O-])cc1. The topological polar surface area (TPSA) is 78.5 Å². The average Bonchev–Trinajstić information content (AvgIpc) is 2.50. The standard InChI is InChI=1S/C17H17NO4/c1-11-5-3-4-6-15(11)18-16(19)13-7-9-14(10-8-13)22-12(2)17(20)21/h3-10,12H,1-2H3,(H,18,19)(H,20,21)/p-1. The van der Waals surface area contributed by atoms with Gasteiger partial charge in [-0.15, -0.1) is 0 Å². The van der Waals surface area contributed by atoms with Crippen molar-refractivity contribution < 1.29 is 19.4 Å². The summed E-state index contributed by atoms with van der Waals surface area (Å²) in [6, 6.07) is 13.7. The number of nitrogens with one attached hydrogen (secondary N) is 1. The number of aliphatic carboxylic acids is 1. The molecule has 0 radical (unpaired) electrons. The number of hydrogen-bond donors (Lipinski definition) is 1. The van der Waals surface area contributed by atoms with Crippen LogP contribution in [0.4, 0.5) is 5.69 Å². The first-order valence-electron chi connectivity index (χ1n) is 6.82. The number of amides is 1. The van der Waals surface area contributed by atoms with Gasteiger partial charge in [0.15, 0.2) is 0 Å². The maximum absolute atomic E-state index is 12.2. The number of hydrogen-bond acceptors (Lipinski definition) is 4. The van der Waals surface area contributed by atoms with Crippen molar-refractivity contribution in [3.05, 3.63) is 59.7 Å². The summed E-state index contributed by atoms with van der Waals surface area (Å²) in [5.41, 5.74) is 2.17. The van der Waals surface area contributed by atoms with E-state index in [-0.39, 0.29) is 5.91 Å². The quantitative estimate of drug-likeness (QED) is 0.912. The van der Waals surface area contributed by atoms with Gasteiger partial charge in [0.1, 0.15) is 11.9 Å². The highest BCUT2D eigenvalue weighted by molar-refractivity contribution is 6.04. The Labute approximate surface area is 128 Å². The van der Waals surface area contributed by atoms with Gasteiger partial charge >= 0.3 is 0 Å². The molecule has 114 valence electrons. The number of para-hydroxylation sites is 1. The molecule has 2 aromatic rings. The first-order valence-corrected chi connectivity index (χ1v) is 6.82. The van der Waals surface area contributed by atoms with E-state index in [1.807, 2.05) is 31.2 Å². The number of carbonyl (C=O) groups is 2. The first kappa shape index (κ1) is 15.6.